The number of halogens is 1. The van der Waals surface area contributed by atoms with Gasteiger partial charge in [-0.2, -0.15) is 0 Å². The van der Waals surface area contributed by atoms with E-state index >= 15 is 0 Å². The van der Waals surface area contributed by atoms with Crippen molar-refractivity contribution >= 4 is 6.16 Å². The van der Waals surface area contributed by atoms with Crippen LogP contribution in [-0.2, 0) is 14.9 Å². The van der Waals surface area contributed by atoms with Gasteiger partial charge >= 0.3 is 27.4 Å². The van der Waals surface area contributed by atoms with Crippen LogP contribution in [0.5, 0.6) is 17.2 Å². The second kappa shape index (κ2) is 11.2. The molecular weight excluding hydrogens is 567 g/mol. The zero-order valence-corrected chi connectivity index (χ0v) is 23.8. The lowest BCUT2D eigenvalue weighted by Crippen LogP contribution is -3.61. The van der Waals surface area contributed by atoms with Crippen LogP contribution < -0.4 is 30.7 Å². The Labute approximate surface area is 224 Å². The molecule has 0 atom stereocenters. The molecule has 36 heavy (non-hydrogen) atoms. The number of carbonyl (C=O) groups is 1. The van der Waals surface area contributed by atoms with Gasteiger partial charge in [0.25, 0.3) is 0 Å². The van der Waals surface area contributed by atoms with Gasteiger partial charge in [-0.1, -0.05) is 39.8 Å². The van der Waals surface area contributed by atoms with Crippen molar-refractivity contribution < 1.29 is 44.9 Å². The largest absolute Gasteiger partial charge is 0.513 e. The molecule has 1 aliphatic rings. The Morgan fingerprint density at radius 2 is 1.58 bits per heavy atom. The summed E-state index contributed by atoms with van der Waals surface area (Å²) < 4.78 is 24.6. The topological polar surface area (TPSA) is 54.0 Å². The fourth-order valence-corrected chi connectivity index (χ4v) is 6.08. The van der Waals surface area contributed by atoms with E-state index in [1.165, 1.54) is 18.3 Å². The minimum atomic E-state index is -0.703. The smallest absolute Gasteiger partial charge is 0.457 e. The molecule has 3 aromatic carbocycles. The highest BCUT2D eigenvalue weighted by Crippen LogP contribution is 2.31. The van der Waals surface area contributed by atoms with E-state index in [4.69, 9.17) is 18.9 Å². The average molecular weight is 602 g/mol. The van der Waals surface area contributed by atoms with Crippen molar-refractivity contribution in [1.29, 1.82) is 0 Å². The van der Waals surface area contributed by atoms with Crippen molar-refractivity contribution in [3.05, 3.63) is 85.0 Å². The molecule has 1 saturated heterocycles. The van der Waals surface area contributed by atoms with Gasteiger partial charge in [0, 0.05) is 5.56 Å². The van der Waals surface area contributed by atoms with E-state index in [0.29, 0.717) is 31.3 Å². The fourth-order valence-electron chi connectivity index (χ4n) is 3.75. The summed E-state index contributed by atoms with van der Waals surface area (Å²) in [5.74, 6) is 1.87. The van der Waals surface area contributed by atoms with Crippen molar-refractivity contribution in [2.24, 2.45) is 5.41 Å². The fraction of sp³-hybridized carbons (Fsp3) is 0.367. The van der Waals surface area contributed by atoms with Crippen LogP contribution in [0.4, 0.5) is 4.79 Å². The van der Waals surface area contributed by atoms with E-state index in [9.17, 15) is 4.79 Å². The number of hydrogen-bond donors (Lipinski definition) is 0. The van der Waals surface area contributed by atoms with Crippen LogP contribution >= 0.6 is 0 Å². The number of ether oxygens (including phenoxy) is 4. The summed E-state index contributed by atoms with van der Waals surface area (Å²) in [5.41, 5.74) is 2.69. The number of carbonyl (C=O) groups excluding carboxylic acids is 1. The van der Waals surface area contributed by atoms with Crippen molar-refractivity contribution in [1.82, 2.24) is 0 Å². The van der Waals surface area contributed by atoms with Gasteiger partial charge in [-0.15, -0.1) is 0 Å². The van der Waals surface area contributed by atoms with E-state index in [2.05, 4.69) is 71.0 Å². The van der Waals surface area contributed by atoms with Gasteiger partial charge in [-0.25, -0.2) is 4.79 Å². The Morgan fingerprint density at radius 1 is 0.944 bits per heavy atom. The zero-order valence-electron chi connectivity index (χ0n) is 21.6. The van der Waals surface area contributed by atoms with Crippen LogP contribution in [0, 0.1) is 19.5 Å². The Bertz CT molecular complexity index is 1170. The molecule has 190 valence electrons. The highest BCUT2D eigenvalue weighted by Gasteiger charge is 2.38. The third kappa shape index (κ3) is 6.79. The van der Waals surface area contributed by atoms with Crippen molar-refractivity contribution in [3.63, 3.8) is 0 Å². The first-order valence-electron chi connectivity index (χ1n) is 12.2. The highest BCUT2D eigenvalue weighted by atomic mass is 127. The summed E-state index contributed by atoms with van der Waals surface area (Å²) >= 11 is -0.262. The molecule has 0 radical (unpaired) electrons. The van der Waals surface area contributed by atoms with Crippen LogP contribution in [0.1, 0.15) is 45.2 Å². The standard InChI is InChI=1S/C30H34IO5/c1-6-30(18-33-19-30)20-34-28(32)36-25-13-11-24(12-14-25)35-26-15-16-27(21(2)17-26)31-23-9-7-22(8-10-23)29(3,4)5/h7-17H,6,18-20H2,1-5H3/q+1. The molecule has 5 nitrogen and oxygen atoms in total. The molecule has 3 aromatic rings. The van der Waals surface area contributed by atoms with E-state index in [-0.39, 0.29) is 32.0 Å². The summed E-state index contributed by atoms with van der Waals surface area (Å²) in [6.07, 6.45) is 0.199. The van der Waals surface area contributed by atoms with E-state index in [1.807, 2.05) is 6.07 Å². The molecule has 0 unspecified atom stereocenters. The Morgan fingerprint density at radius 3 is 2.14 bits per heavy atom. The van der Waals surface area contributed by atoms with Crippen molar-refractivity contribution in [3.8, 4) is 17.2 Å². The zero-order chi connectivity index (χ0) is 25.8. The first kappa shape index (κ1) is 26.5. The molecule has 0 aromatic heterocycles. The summed E-state index contributed by atoms with van der Waals surface area (Å²) in [6, 6.07) is 22.3. The lowest BCUT2D eigenvalue weighted by atomic mass is 9.84. The molecule has 0 saturated carbocycles. The maximum Gasteiger partial charge on any atom is 0.513 e. The maximum atomic E-state index is 12.0. The maximum absolute atomic E-state index is 12.0. The first-order chi connectivity index (χ1) is 17.2. The molecule has 0 spiro atoms. The SMILES string of the molecule is CCC1(COC(=O)Oc2ccc(Oc3ccc([I+]c4ccc(C(C)(C)C)cc4)c(C)c3)cc2)COC1. The molecule has 4 rings (SSSR count). The van der Waals surface area contributed by atoms with Gasteiger partial charge in [0.05, 0.1) is 18.6 Å². The molecule has 1 fully saturated rings. The number of hydrogen-bond acceptors (Lipinski definition) is 5. The second-order valence-corrected chi connectivity index (χ2v) is 13.3. The Balaban J connectivity index is 1.30. The summed E-state index contributed by atoms with van der Waals surface area (Å²) in [7, 11) is 0. The predicted octanol–water partition coefficient (Wildman–Crippen LogP) is 4.16. The first-order valence-corrected chi connectivity index (χ1v) is 14.4. The van der Waals surface area contributed by atoms with Gasteiger partial charge < -0.3 is 18.9 Å². The van der Waals surface area contributed by atoms with Gasteiger partial charge in [0.15, 0.2) is 7.14 Å². The van der Waals surface area contributed by atoms with E-state index in [1.54, 1.807) is 24.3 Å². The Kier molecular flexibility index (Phi) is 8.25. The third-order valence-corrected chi connectivity index (χ3v) is 9.51. The third-order valence-electron chi connectivity index (χ3n) is 6.37. The molecule has 1 aliphatic heterocycles. The van der Waals surface area contributed by atoms with Crippen molar-refractivity contribution in [2.75, 3.05) is 19.8 Å². The molecule has 0 bridgehead atoms. The van der Waals surface area contributed by atoms with Crippen LogP contribution in [0.3, 0.4) is 0 Å². The molecule has 0 N–H and O–H groups in total. The van der Waals surface area contributed by atoms with Crippen LogP contribution in [0.25, 0.3) is 0 Å². The highest BCUT2D eigenvalue weighted by molar-refractivity contribution is 5.64. The Hall–Kier alpha value is -2.58. The predicted molar refractivity (Wildman–Crippen MR) is 136 cm³/mol. The number of aryl methyl sites for hydroxylation is 1. The minimum absolute atomic E-state index is 0.0662. The minimum Gasteiger partial charge on any atom is -0.457 e. The van der Waals surface area contributed by atoms with Crippen LogP contribution in [0.15, 0.2) is 66.7 Å². The lowest BCUT2D eigenvalue weighted by Gasteiger charge is -2.39. The number of benzene rings is 3. The molecule has 0 aliphatic carbocycles. The van der Waals surface area contributed by atoms with Crippen LogP contribution in [0.2, 0.25) is 0 Å². The molecule has 0 amide bonds. The average Bonchev–Trinajstić information content (AvgIpc) is 2.81. The summed E-state index contributed by atoms with van der Waals surface area (Å²) in [6.45, 7) is 12.5. The van der Waals surface area contributed by atoms with Crippen molar-refractivity contribution in [2.45, 2.75) is 46.5 Å². The molecule has 6 heteroatoms. The van der Waals surface area contributed by atoms with Crippen LogP contribution in [-0.4, -0.2) is 26.0 Å². The van der Waals surface area contributed by atoms with Gasteiger partial charge in [-0.3, -0.25) is 0 Å². The molecular formula is C30H34IO5+. The van der Waals surface area contributed by atoms with E-state index in [0.717, 1.165) is 12.2 Å². The van der Waals surface area contributed by atoms with E-state index < -0.39 is 6.16 Å². The second-order valence-electron chi connectivity index (χ2n) is 10.3. The van der Waals surface area contributed by atoms with Gasteiger partial charge in [0.2, 0.25) is 0 Å². The van der Waals surface area contributed by atoms with Gasteiger partial charge in [-0.05, 0) is 78.9 Å². The van der Waals surface area contributed by atoms with Gasteiger partial charge in [0.1, 0.15) is 23.9 Å². The number of rotatable bonds is 8. The summed E-state index contributed by atoms with van der Waals surface area (Å²) in [5, 5.41) is 0. The lowest BCUT2D eigenvalue weighted by molar-refractivity contribution is -0.598. The quantitative estimate of drug-likeness (QED) is 0.221. The molecule has 1 heterocycles. The summed E-state index contributed by atoms with van der Waals surface area (Å²) in [4.78, 5) is 12.0. The monoisotopic (exact) mass is 601 g/mol. The normalized spacial score (nSPS) is 14.6.